The molecule has 30 heavy (non-hydrogen) atoms. The number of benzene rings is 1. The van der Waals surface area contributed by atoms with Crippen LogP contribution in [0.4, 0.5) is 0 Å². The Morgan fingerprint density at radius 3 is 2.33 bits per heavy atom. The number of ether oxygens (including phenoxy) is 2. The Kier molecular flexibility index (Phi) is 4.96. The van der Waals surface area contributed by atoms with E-state index in [1.54, 1.807) is 14.2 Å². The molecule has 0 unspecified atom stereocenters. The summed E-state index contributed by atoms with van der Waals surface area (Å²) in [5.74, 6) is 4.87. The molecule has 1 N–H and O–H groups in total. The smallest absolute Gasteiger partial charge is 0.123 e. The zero-order chi connectivity index (χ0) is 21.1. The lowest BCUT2D eigenvalue weighted by molar-refractivity contribution is -0.115. The molecule has 0 spiro atoms. The zero-order valence-electron chi connectivity index (χ0n) is 19.1. The third-order valence-corrected chi connectivity index (χ3v) is 9.88. The second kappa shape index (κ2) is 7.29. The maximum absolute atomic E-state index is 10.3. The second-order valence-corrected chi connectivity index (χ2v) is 11.0. The van der Waals surface area contributed by atoms with Crippen molar-refractivity contribution < 1.29 is 14.6 Å². The summed E-state index contributed by atoms with van der Waals surface area (Å²) < 4.78 is 11.1. The average molecular weight is 411 g/mol. The minimum atomic E-state index is -0.0590. The number of hydrogen-bond acceptors (Lipinski definition) is 3. The van der Waals surface area contributed by atoms with Crippen LogP contribution < -0.4 is 9.47 Å². The summed E-state index contributed by atoms with van der Waals surface area (Å²) >= 11 is 0. The quantitative estimate of drug-likeness (QED) is 0.654. The van der Waals surface area contributed by atoms with Crippen molar-refractivity contribution in [2.24, 2.45) is 34.5 Å². The molecule has 0 heterocycles. The number of hydrogen-bond donors (Lipinski definition) is 1. The first-order valence-corrected chi connectivity index (χ1v) is 12.0. The van der Waals surface area contributed by atoms with Crippen molar-refractivity contribution in [3.63, 3.8) is 0 Å². The molecule has 0 saturated heterocycles. The van der Waals surface area contributed by atoms with Crippen LogP contribution in [-0.2, 0) is 0 Å². The summed E-state index contributed by atoms with van der Waals surface area (Å²) in [7, 11) is 3.47. The summed E-state index contributed by atoms with van der Waals surface area (Å²) in [6.45, 7) is 5.09. The molecule has 1 aromatic rings. The van der Waals surface area contributed by atoms with Crippen LogP contribution in [0, 0.1) is 34.5 Å². The van der Waals surface area contributed by atoms with E-state index in [0.717, 1.165) is 48.0 Å². The van der Waals surface area contributed by atoms with Gasteiger partial charge in [-0.2, -0.15) is 0 Å². The van der Waals surface area contributed by atoms with Crippen LogP contribution in [0.1, 0.15) is 70.8 Å². The summed E-state index contributed by atoms with van der Waals surface area (Å²) in [6, 6.07) is 6.35. The van der Waals surface area contributed by atoms with Gasteiger partial charge in [0.2, 0.25) is 0 Å². The molecule has 0 aromatic heterocycles. The number of fused-ring (bicyclic) bond motifs is 5. The maximum Gasteiger partial charge on any atom is 0.123 e. The second-order valence-electron chi connectivity index (χ2n) is 11.0. The van der Waals surface area contributed by atoms with Crippen LogP contribution in [0.3, 0.4) is 0 Å². The molecular formula is C27H38O3. The van der Waals surface area contributed by atoms with Crippen LogP contribution in [0.2, 0.25) is 0 Å². The third kappa shape index (κ3) is 2.95. The van der Waals surface area contributed by atoms with E-state index in [9.17, 15) is 5.11 Å². The van der Waals surface area contributed by atoms with Crippen molar-refractivity contribution in [1.29, 1.82) is 0 Å². The Bertz CT molecular complexity index is 822. The highest BCUT2D eigenvalue weighted by Gasteiger charge is 2.58. The first-order valence-electron chi connectivity index (χ1n) is 12.0. The van der Waals surface area contributed by atoms with Gasteiger partial charge in [-0.3, -0.25) is 0 Å². The van der Waals surface area contributed by atoms with Crippen molar-refractivity contribution in [3.05, 3.63) is 29.8 Å². The van der Waals surface area contributed by atoms with Gasteiger partial charge < -0.3 is 14.6 Å². The van der Waals surface area contributed by atoms with Crippen LogP contribution in [0.5, 0.6) is 11.5 Å². The van der Waals surface area contributed by atoms with E-state index >= 15 is 0 Å². The molecule has 5 rings (SSSR count). The van der Waals surface area contributed by atoms with Gasteiger partial charge in [0.1, 0.15) is 11.5 Å². The Labute approximate surface area is 181 Å². The highest BCUT2D eigenvalue weighted by molar-refractivity contribution is 5.74. The average Bonchev–Trinajstić information content (AvgIpc) is 3.11. The molecule has 3 heteroatoms. The largest absolute Gasteiger partial charge is 0.497 e. The topological polar surface area (TPSA) is 38.7 Å². The van der Waals surface area contributed by atoms with Gasteiger partial charge in [0.25, 0.3) is 0 Å². The van der Waals surface area contributed by atoms with Gasteiger partial charge in [-0.1, -0.05) is 19.9 Å². The third-order valence-electron chi connectivity index (χ3n) is 9.88. The fourth-order valence-corrected chi connectivity index (χ4v) is 8.21. The molecule has 7 atom stereocenters. The van der Waals surface area contributed by atoms with Gasteiger partial charge >= 0.3 is 0 Å². The molecule has 164 valence electrons. The van der Waals surface area contributed by atoms with E-state index in [1.807, 2.05) is 6.07 Å². The molecule has 0 radical (unpaired) electrons. The fraction of sp³-hybridized carbons (Fsp3) is 0.704. The Balaban J connectivity index is 1.44. The summed E-state index contributed by atoms with van der Waals surface area (Å²) in [4.78, 5) is 0. The van der Waals surface area contributed by atoms with Crippen molar-refractivity contribution in [2.75, 3.05) is 14.2 Å². The minimum Gasteiger partial charge on any atom is -0.497 e. The van der Waals surface area contributed by atoms with E-state index in [1.165, 1.54) is 49.7 Å². The molecule has 1 aromatic carbocycles. The standard InChI is InChI=1S/C27H38O3/c1-26-11-9-19(28)15-18(26)5-6-22-24-8-7-23(27(24,2)12-10-25(22)26)17-13-20(29-3)16-21(14-17)30-4/h7,13-14,16,18-19,22,24-25,28H,5-6,8-12,15H2,1-4H3/t18-,19-,22-,24-,25-,26-,27+/m0/s1. The zero-order valence-corrected chi connectivity index (χ0v) is 19.1. The molecule has 4 aliphatic carbocycles. The van der Waals surface area contributed by atoms with Crippen molar-refractivity contribution in [2.45, 2.75) is 71.3 Å². The van der Waals surface area contributed by atoms with Gasteiger partial charge in [0.05, 0.1) is 20.3 Å². The highest BCUT2D eigenvalue weighted by Crippen LogP contribution is 2.67. The Morgan fingerprint density at radius 1 is 0.900 bits per heavy atom. The van der Waals surface area contributed by atoms with Gasteiger partial charge in [-0.15, -0.1) is 0 Å². The summed E-state index contributed by atoms with van der Waals surface area (Å²) in [5.41, 5.74) is 3.46. The summed E-state index contributed by atoms with van der Waals surface area (Å²) in [6.07, 6.45) is 12.2. The number of rotatable bonds is 3. The van der Waals surface area contributed by atoms with Gasteiger partial charge in [-0.25, -0.2) is 0 Å². The predicted molar refractivity (Wildman–Crippen MR) is 121 cm³/mol. The molecule has 3 nitrogen and oxygen atoms in total. The van der Waals surface area contributed by atoms with Crippen LogP contribution >= 0.6 is 0 Å². The van der Waals surface area contributed by atoms with E-state index in [4.69, 9.17) is 9.47 Å². The Hall–Kier alpha value is -1.48. The number of aliphatic hydroxyl groups excluding tert-OH is 1. The van der Waals surface area contributed by atoms with Crippen LogP contribution in [0.15, 0.2) is 24.3 Å². The molecule has 0 amide bonds. The first-order chi connectivity index (χ1) is 14.4. The molecule has 3 saturated carbocycles. The van der Waals surface area contributed by atoms with Gasteiger partial charge in [0, 0.05) is 6.07 Å². The first kappa shape index (κ1) is 20.4. The normalized spacial score (nSPS) is 42.6. The van der Waals surface area contributed by atoms with Gasteiger partial charge in [-0.05, 0) is 109 Å². The molecular weight excluding hydrogens is 372 g/mol. The number of allylic oxidation sites excluding steroid dienone is 2. The number of aliphatic hydroxyl groups is 1. The molecule has 3 fully saturated rings. The van der Waals surface area contributed by atoms with Gasteiger partial charge in [0.15, 0.2) is 0 Å². The Morgan fingerprint density at radius 2 is 1.63 bits per heavy atom. The summed E-state index contributed by atoms with van der Waals surface area (Å²) in [5, 5.41) is 10.3. The highest BCUT2D eigenvalue weighted by atomic mass is 16.5. The lowest BCUT2D eigenvalue weighted by Crippen LogP contribution is -2.53. The molecule has 4 aliphatic rings. The van der Waals surface area contributed by atoms with Crippen molar-refractivity contribution in [1.82, 2.24) is 0 Å². The van der Waals surface area contributed by atoms with Crippen LogP contribution in [-0.4, -0.2) is 25.4 Å². The molecule has 0 aliphatic heterocycles. The van der Waals surface area contributed by atoms with Crippen LogP contribution in [0.25, 0.3) is 5.57 Å². The molecule has 0 bridgehead atoms. The van der Waals surface area contributed by atoms with E-state index in [-0.39, 0.29) is 11.5 Å². The maximum atomic E-state index is 10.3. The van der Waals surface area contributed by atoms with E-state index in [2.05, 4.69) is 32.1 Å². The van der Waals surface area contributed by atoms with E-state index in [0.29, 0.717) is 5.41 Å². The number of methoxy groups -OCH3 is 2. The van der Waals surface area contributed by atoms with Crippen molar-refractivity contribution in [3.8, 4) is 11.5 Å². The van der Waals surface area contributed by atoms with Crippen molar-refractivity contribution >= 4 is 5.57 Å². The van der Waals surface area contributed by atoms with E-state index < -0.39 is 0 Å². The lowest BCUT2D eigenvalue weighted by Gasteiger charge is -2.60. The predicted octanol–water partition coefficient (Wildman–Crippen LogP) is 6.10. The lowest BCUT2D eigenvalue weighted by atomic mass is 9.44. The minimum absolute atomic E-state index is 0.0590. The fourth-order valence-electron chi connectivity index (χ4n) is 8.21. The SMILES string of the molecule is COc1cc(OC)cc(C2=CC[C@H]3[C@@H]4CC[C@H]5C[C@@H](O)CC[C@]5(C)[C@H]4CC[C@]23C)c1. The monoisotopic (exact) mass is 410 g/mol.